The van der Waals surface area contributed by atoms with Crippen LogP contribution in [-0.4, -0.2) is 23.4 Å². The molecule has 19 heavy (non-hydrogen) atoms. The lowest BCUT2D eigenvalue weighted by Gasteiger charge is -2.36. The number of anilines is 1. The minimum Gasteiger partial charge on any atom is -0.399 e. The van der Waals surface area contributed by atoms with E-state index in [-0.39, 0.29) is 5.91 Å². The molecule has 1 fully saturated rings. The van der Waals surface area contributed by atoms with Crippen molar-refractivity contribution in [3.05, 3.63) is 29.3 Å². The first-order valence-corrected chi connectivity index (χ1v) is 7.30. The number of carbonyl (C=O) groups is 1. The van der Waals surface area contributed by atoms with E-state index in [2.05, 4.69) is 11.8 Å². The highest BCUT2D eigenvalue weighted by Gasteiger charge is 2.26. The van der Waals surface area contributed by atoms with Gasteiger partial charge in [-0.2, -0.15) is 0 Å². The molecule has 3 nitrogen and oxygen atoms in total. The van der Waals surface area contributed by atoms with E-state index in [0.717, 1.165) is 49.0 Å². The Bertz CT molecular complexity index is 454. The van der Waals surface area contributed by atoms with Crippen molar-refractivity contribution in [1.82, 2.24) is 4.90 Å². The maximum atomic E-state index is 12.6. The molecule has 1 aromatic carbocycles. The number of hydrogen-bond donors (Lipinski definition) is 1. The Labute approximate surface area is 115 Å². The number of nitrogens with zero attached hydrogens (tertiary/aromatic N) is 1. The summed E-state index contributed by atoms with van der Waals surface area (Å²) in [5.74, 6) is 0.168. The molecule has 3 heteroatoms. The number of aryl methyl sites for hydroxylation is 1. The van der Waals surface area contributed by atoms with Gasteiger partial charge in [0.25, 0.3) is 5.91 Å². The van der Waals surface area contributed by atoms with Crippen LogP contribution in [0.1, 0.15) is 54.9 Å². The number of piperidine rings is 1. The highest BCUT2D eigenvalue weighted by atomic mass is 16.2. The molecular weight excluding hydrogens is 236 g/mol. The van der Waals surface area contributed by atoms with E-state index >= 15 is 0 Å². The van der Waals surface area contributed by atoms with Crippen LogP contribution < -0.4 is 5.73 Å². The summed E-state index contributed by atoms with van der Waals surface area (Å²) in [7, 11) is 0. The number of rotatable bonds is 3. The second kappa shape index (κ2) is 6.09. The average molecular weight is 260 g/mol. The van der Waals surface area contributed by atoms with Gasteiger partial charge in [0.1, 0.15) is 0 Å². The predicted octanol–water partition coefficient (Wildman–Crippen LogP) is 3.37. The molecule has 1 saturated heterocycles. The summed E-state index contributed by atoms with van der Waals surface area (Å²) in [6.07, 6.45) is 5.76. The standard InChI is InChI=1S/C16H24N2O/c1-3-6-14-7-4-5-10-18(14)16(19)13-8-9-15(17)12(2)11-13/h8-9,11,14H,3-7,10,17H2,1-2H3. The van der Waals surface area contributed by atoms with Crippen molar-refractivity contribution >= 4 is 11.6 Å². The Kier molecular flexibility index (Phi) is 4.46. The molecular formula is C16H24N2O. The topological polar surface area (TPSA) is 46.3 Å². The number of carbonyl (C=O) groups excluding carboxylic acids is 1. The Balaban J connectivity index is 2.18. The van der Waals surface area contributed by atoms with Gasteiger partial charge in [-0.15, -0.1) is 0 Å². The van der Waals surface area contributed by atoms with Gasteiger partial charge in [0.2, 0.25) is 0 Å². The van der Waals surface area contributed by atoms with Gasteiger partial charge in [-0.3, -0.25) is 4.79 Å². The lowest BCUT2D eigenvalue weighted by molar-refractivity contribution is 0.0600. The first-order valence-electron chi connectivity index (χ1n) is 7.30. The lowest BCUT2D eigenvalue weighted by atomic mass is 9.97. The maximum absolute atomic E-state index is 12.6. The summed E-state index contributed by atoms with van der Waals surface area (Å²) in [4.78, 5) is 14.7. The van der Waals surface area contributed by atoms with Crippen LogP contribution in [0.3, 0.4) is 0 Å². The van der Waals surface area contributed by atoms with Gasteiger partial charge in [0.05, 0.1) is 0 Å². The van der Waals surface area contributed by atoms with Gasteiger partial charge in [-0.05, 0) is 56.4 Å². The summed E-state index contributed by atoms with van der Waals surface area (Å²) in [5, 5.41) is 0. The molecule has 1 aliphatic heterocycles. The summed E-state index contributed by atoms with van der Waals surface area (Å²) in [5.41, 5.74) is 8.32. The van der Waals surface area contributed by atoms with E-state index in [1.54, 1.807) is 0 Å². The number of likely N-dealkylation sites (tertiary alicyclic amines) is 1. The number of benzene rings is 1. The van der Waals surface area contributed by atoms with Crippen molar-refractivity contribution in [3.8, 4) is 0 Å². The molecule has 0 spiro atoms. The van der Waals surface area contributed by atoms with E-state index in [1.807, 2.05) is 25.1 Å². The van der Waals surface area contributed by atoms with Gasteiger partial charge >= 0.3 is 0 Å². The van der Waals surface area contributed by atoms with Crippen LogP contribution in [0.15, 0.2) is 18.2 Å². The average Bonchev–Trinajstić information content (AvgIpc) is 2.42. The van der Waals surface area contributed by atoms with Crippen molar-refractivity contribution in [1.29, 1.82) is 0 Å². The third-order valence-electron chi connectivity index (χ3n) is 4.03. The molecule has 2 rings (SSSR count). The Morgan fingerprint density at radius 2 is 2.21 bits per heavy atom. The largest absolute Gasteiger partial charge is 0.399 e. The molecule has 1 aliphatic rings. The molecule has 1 unspecified atom stereocenters. The van der Waals surface area contributed by atoms with Crippen LogP contribution in [0.4, 0.5) is 5.69 Å². The zero-order chi connectivity index (χ0) is 13.8. The normalized spacial score (nSPS) is 19.5. The van der Waals surface area contributed by atoms with E-state index < -0.39 is 0 Å². The fourth-order valence-corrected chi connectivity index (χ4v) is 2.88. The smallest absolute Gasteiger partial charge is 0.254 e. The van der Waals surface area contributed by atoms with Gasteiger partial charge in [0, 0.05) is 23.8 Å². The number of hydrogen-bond acceptors (Lipinski definition) is 2. The highest BCUT2D eigenvalue weighted by Crippen LogP contribution is 2.24. The van der Waals surface area contributed by atoms with Crippen LogP contribution in [-0.2, 0) is 0 Å². The van der Waals surface area contributed by atoms with Crippen molar-refractivity contribution in [2.24, 2.45) is 0 Å². The van der Waals surface area contributed by atoms with Crippen LogP contribution in [0.25, 0.3) is 0 Å². The maximum Gasteiger partial charge on any atom is 0.254 e. The molecule has 0 aromatic heterocycles. The molecule has 2 N–H and O–H groups in total. The molecule has 1 amide bonds. The van der Waals surface area contributed by atoms with Crippen LogP contribution in [0, 0.1) is 6.92 Å². The second-order valence-electron chi connectivity index (χ2n) is 5.51. The van der Waals surface area contributed by atoms with Gasteiger partial charge < -0.3 is 10.6 Å². The Morgan fingerprint density at radius 1 is 1.42 bits per heavy atom. The van der Waals surface area contributed by atoms with Crippen molar-refractivity contribution < 1.29 is 4.79 Å². The third kappa shape index (κ3) is 3.09. The van der Waals surface area contributed by atoms with E-state index in [1.165, 1.54) is 6.42 Å². The molecule has 1 aromatic rings. The van der Waals surface area contributed by atoms with Gasteiger partial charge in [-0.25, -0.2) is 0 Å². The first-order chi connectivity index (χ1) is 9.13. The fraction of sp³-hybridized carbons (Fsp3) is 0.562. The van der Waals surface area contributed by atoms with E-state index in [9.17, 15) is 4.79 Å². The number of nitrogens with two attached hydrogens (primary N) is 1. The molecule has 1 atom stereocenters. The van der Waals surface area contributed by atoms with Crippen LogP contribution in [0.2, 0.25) is 0 Å². The molecule has 0 aliphatic carbocycles. The zero-order valence-electron chi connectivity index (χ0n) is 12.0. The minimum atomic E-state index is 0.168. The summed E-state index contributed by atoms with van der Waals surface area (Å²) in [6.45, 7) is 5.03. The third-order valence-corrected chi connectivity index (χ3v) is 4.03. The first kappa shape index (κ1) is 13.9. The predicted molar refractivity (Wildman–Crippen MR) is 79.2 cm³/mol. The van der Waals surface area contributed by atoms with E-state index in [0.29, 0.717) is 6.04 Å². The molecule has 0 saturated carbocycles. The fourth-order valence-electron chi connectivity index (χ4n) is 2.88. The van der Waals surface area contributed by atoms with Gasteiger partial charge in [0.15, 0.2) is 0 Å². The van der Waals surface area contributed by atoms with Crippen LogP contribution in [0.5, 0.6) is 0 Å². The van der Waals surface area contributed by atoms with Crippen LogP contribution >= 0.6 is 0 Å². The Morgan fingerprint density at radius 3 is 2.89 bits per heavy atom. The minimum absolute atomic E-state index is 0.168. The highest BCUT2D eigenvalue weighted by molar-refractivity contribution is 5.95. The van der Waals surface area contributed by atoms with Crippen molar-refractivity contribution in [2.75, 3.05) is 12.3 Å². The second-order valence-corrected chi connectivity index (χ2v) is 5.51. The van der Waals surface area contributed by atoms with Crippen molar-refractivity contribution in [3.63, 3.8) is 0 Å². The summed E-state index contributed by atoms with van der Waals surface area (Å²) < 4.78 is 0. The monoisotopic (exact) mass is 260 g/mol. The lowest BCUT2D eigenvalue weighted by Crippen LogP contribution is -2.43. The number of nitrogen functional groups attached to an aromatic ring is 1. The van der Waals surface area contributed by atoms with E-state index in [4.69, 9.17) is 5.73 Å². The van der Waals surface area contributed by atoms with Crippen molar-refractivity contribution in [2.45, 2.75) is 52.0 Å². The molecule has 0 radical (unpaired) electrons. The summed E-state index contributed by atoms with van der Waals surface area (Å²) >= 11 is 0. The Hall–Kier alpha value is -1.51. The van der Waals surface area contributed by atoms with Gasteiger partial charge in [-0.1, -0.05) is 13.3 Å². The SMILES string of the molecule is CCCC1CCCCN1C(=O)c1ccc(N)c(C)c1. The molecule has 1 heterocycles. The molecule has 0 bridgehead atoms. The number of amides is 1. The molecule has 104 valence electrons. The quantitative estimate of drug-likeness (QED) is 0.847. The summed E-state index contributed by atoms with van der Waals surface area (Å²) in [6, 6.07) is 6.02. The zero-order valence-corrected chi connectivity index (χ0v) is 12.0.